The Morgan fingerprint density at radius 3 is 2.67 bits per heavy atom. The summed E-state index contributed by atoms with van der Waals surface area (Å²) in [7, 11) is 0. The molecule has 2 aromatic rings. The lowest BCUT2D eigenvalue weighted by molar-refractivity contribution is 0.755. The lowest BCUT2D eigenvalue weighted by Crippen LogP contribution is -1.97. The number of rotatable bonds is 2. The van der Waals surface area contributed by atoms with Crippen molar-refractivity contribution in [2.75, 3.05) is 0 Å². The van der Waals surface area contributed by atoms with Gasteiger partial charge in [0, 0.05) is 15.7 Å². The van der Waals surface area contributed by atoms with Crippen LogP contribution in [0, 0.1) is 8.34 Å². The van der Waals surface area contributed by atoms with Crippen molar-refractivity contribution in [1.82, 2.24) is 14.8 Å². The molecule has 1 aromatic heterocycles. The van der Waals surface area contributed by atoms with Gasteiger partial charge in [0.1, 0.15) is 0 Å². The van der Waals surface area contributed by atoms with Crippen molar-refractivity contribution in [3.8, 4) is 11.4 Å². The number of hydrogen-bond acceptors (Lipinski definition) is 2. The minimum Gasteiger partial charge on any atom is -0.300 e. The van der Waals surface area contributed by atoms with Crippen molar-refractivity contribution in [2.45, 2.75) is 13.5 Å². The second kappa shape index (κ2) is 4.44. The van der Waals surface area contributed by atoms with Crippen LogP contribution in [-0.4, -0.2) is 14.8 Å². The van der Waals surface area contributed by atoms with Gasteiger partial charge in [-0.1, -0.05) is 12.1 Å². The van der Waals surface area contributed by atoms with E-state index in [1.165, 1.54) is 3.57 Å². The first kappa shape index (κ1) is 10.8. The molecule has 0 fully saturated rings. The van der Waals surface area contributed by atoms with E-state index >= 15 is 0 Å². The molecular formula is C10H10IN3S. The minimum absolute atomic E-state index is 0.672. The fourth-order valence-electron chi connectivity index (χ4n) is 1.43. The van der Waals surface area contributed by atoms with Crippen molar-refractivity contribution in [2.24, 2.45) is 0 Å². The highest BCUT2D eigenvalue weighted by molar-refractivity contribution is 14.1. The van der Waals surface area contributed by atoms with Crippen molar-refractivity contribution in [1.29, 1.82) is 0 Å². The van der Waals surface area contributed by atoms with Crippen molar-refractivity contribution in [3.05, 3.63) is 32.6 Å². The topological polar surface area (TPSA) is 33.6 Å². The number of nitrogens with one attached hydrogen (secondary N) is 1. The molecule has 0 spiro atoms. The highest BCUT2D eigenvalue weighted by Crippen LogP contribution is 2.18. The van der Waals surface area contributed by atoms with Gasteiger partial charge in [-0.2, -0.15) is 5.10 Å². The lowest BCUT2D eigenvalue weighted by Gasteiger charge is -2.02. The number of aromatic nitrogens is 3. The summed E-state index contributed by atoms with van der Waals surface area (Å²) in [5.41, 5.74) is 1.09. The van der Waals surface area contributed by atoms with Crippen LogP contribution in [0.15, 0.2) is 24.3 Å². The van der Waals surface area contributed by atoms with Gasteiger partial charge in [-0.25, -0.2) is 0 Å². The summed E-state index contributed by atoms with van der Waals surface area (Å²) in [5.74, 6) is 0.902. The fourth-order valence-corrected chi connectivity index (χ4v) is 2.05. The Hall–Kier alpha value is -0.690. The minimum atomic E-state index is 0.672. The molecule has 0 atom stereocenters. The molecule has 1 N–H and O–H groups in total. The molecule has 0 amide bonds. The Morgan fingerprint density at radius 1 is 1.40 bits per heavy atom. The van der Waals surface area contributed by atoms with E-state index in [-0.39, 0.29) is 0 Å². The SMILES string of the molecule is CCn1c(-c2ccc(I)cc2)n[nH]c1=S. The number of nitrogens with zero attached hydrogens (tertiary/aromatic N) is 2. The summed E-state index contributed by atoms with van der Waals surface area (Å²) < 4.78 is 3.87. The van der Waals surface area contributed by atoms with Crippen LogP contribution in [0.2, 0.25) is 0 Å². The van der Waals surface area contributed by atoms with Gasteiger partial charge in [0.25, 0.3) is 0 Å². The molecule has 2 rings (SSSR count). The van der Waals surface area contributed by atoms with Gasteiger partial charge in [-0.3, -0.25) is 5.10 Å². The number of H-pyrrole nitrogens is 1. The van der Waals surface area contributed by atoms with E-state index in [0.717, 1.165) is 17.9 Å². The normalized spacial score (nSPS) is 10.5. The van der Waals surface area contributed by atoms with E-state index < -0.39 is 0 Å². The largest absolute Gasteiger partial charge is 0.300 e. The van der Waals surface area contributed by atoms with E-state index in [9.17, 15) is 0 Å². The molecule has 1 heterocycles. The third kappa shape index (κ3) is 2.12. The van der Waals surface area contributed by atoms with Crippen molar-refractivity contribution < 1.29 is 0 Å². The summed E-state index contributed by atoms with van der Waals surface area (Å²) in [4.78, 5) is 0. The van der Waals surface area contributed by atoms with Crippen LogP contribution in [0.5, 0.6) is 0 Å². The van der Waals surface area contributed by atoms with Gasteiger partial charge in [0.15, 0.2) is 10.6 Å². The highest BCUT2D eigenvalue weighted by atomic mass is 127. The van der Waals surface area contributed by atoms with E-state index in [4.69, 9.17) is 12.2 Å². The molecule has 5 heteroatoms. The molecule has 78 valence electrons. The zero-order chi connectivity index (χ0) is 10.8. The maximum Gasteiger partial charge on any atom is 0.195 e. The van der Waals surface area contributed by atoms with E-state index in [1.807, 2.05) is 4.57 Å². The van der Waals surface area contributed by atoms with Gasteiger partial charge in [-0.15, -0.1) is 0 Å². The number of benzene rings is 1. The fraction of sp³-hybridized carbons (Fsp3) is 0.200. The predicted octanol–water partition coefficient (Wildman–Crippen LogP) is 3.23. The average Bonchev–Trinajstić information content (AvgIpc) is 2.61. The highest BCUT2D eigenvalue weighted by Gasteiger charge is 2.06. The smallest absolute Gasteiger partial charge is 0.195 e. The predicted molar refractivity (Wildman–Crippen MR) is 71.2 cm³/mol. The van der Waals surface area contributed by atoms with E-state index in [1.54, 1.807) is 0 Å². The number of aromatic amines is 1. The van der Waals surface area contributed by atoms with Gasteiger partial charge in [0.05, 0.1) is 0 Å². The third-order valence-corrected chi connectivity index (χ3v) is 3.21. The first-order valence-corrected chi connectivity index (χ1v) is 6.12. The summed E-state index contributed by atoms with van der Waals surface area (Å²) in [6.07, 6.45) is 0. The molecule has 0 saturated carbocycles. The molecule has 0 aliphatic heterocycles. The molecule has 0 unspecified atom stereocenters. The van der Waals surface area contributed by atoms with Gasteiger partial charge in [0.2, 0.25) is 0 Å². The Kier molecular flexibility index (Phi) is 3.20. The van der Waals surface area contributed by atoms with Crippen molar-refractivity contribution >= 4 is 34.8 Å². The quantitative estimate of drug-likeness (QED) is 0.677. The Bertz CT molecular complexity index is 512. The third-order valence-electron chi connectivity index (χ3n) is 2.18. The maximum absolute atomic E-state index is 5.14. The average molecular weight is 331 g/mol. The molecule has 3 nitrogen and oxygen atoms in total. The Morgan fingerprint density at radius 2 is 2.07 bits per heavy atom. The molecule has 0 saturated heterocycles. The number of hydrogen-bond donors (Lipinski definition) is 1. The molecule has 0 bridgehead atoms. The summed E-state index contributed by atoms with van der Waals surface area (Å²) >= 11 is 7.42. The van der Waals surface area contributed by atoms with Gasteiger partial charge < -0.3 is 4.57 Å². The monoisotopic (exact) mass is 331 g/mol. The standard InChI is InChI=1S/C10H10IN3S/c1-2-14-9(12-13-10(14)15)7-3-5-8(11)6-4-7/h3-6H,2H2,1H3,(H,13,15). The van der Waals surface area contributed by atoms with Gasteiger partial charge in [-0.05, 0) is 53.9 Å². The molecule has 0 radical (unpaired) electrons. The van der Waals surface area contributed by atoms with Crippen LogP contribution in [0.1, 0.15) is 6.92 Å². The van der Waals surface area contributed by atoms with Crippen LogP contribution in [0.3, 0.4) is 0 Å². The van der Waals surface area contributed by atoms with Crippen LogP contribution in [-0.2, 0) is 6.54 Å². The molecule has 1 aromatic carbocycles. The Labute approximate surface area is 107 Å². The first-order chi connectivity index (χ1) is 7.22. The number of halogens is 1. The molecule has 15 heavy (non-hydrogen) atoms. The second-order valence-corrected chi connectivity index (χ2v) is 4.74. The van der Waals surface area contributed by atoms with Crippen LogP contribution < -0.4 is 0 Å². The summed E-state index contributed by atoms with van der Waals surface area (Å²) in [5, 5.41) is 7.04. The molecular weight excluding hydrogens is 321 g/mol. The summed E-state index contributed by atoms with van der Waals surface area (Å²) in [6.45, 7) is 2.89. The summed E-state index contributed by atoms with van der Waals surface area (Å²) in [6, 6.07) is 8.24. The first-order valence-electron chi connectivity index (χ1n) is 4.63. The zero-order valence-electron chi connectivity index (χ0n) is 8.20. The van der Waals surface area contributed by atoms with Crippen LogP contribution in [0.25, 0.3) is 11.4 Å². The van der Waals surface area contributed by atoms with Gasteiger partial charge >= 0.3 is 0 Å². The second-order valence-electron chi connectivity index (χ2n) is 3.10. The lowest BCUT2D eigenvalue weighted by atomic mass is 10.2. The molecule has 0 aliphatic carbocycles. The zero-order valence-corrected chi connectivity index (χ0v) is 11.2. The van der Waals surface area contributed by atoms with Crippen LogP contribution in [0.4, 0.5) is 0 Å². The Balaban J connectivity index is 2.54. The van der Waals surface area contributed by atoms with Crippen LogP contribution >= 0.6 is 34.8 Å². The van der Waals surface area contributed by atoms with E-state index in [2.05, 4.69) is 64.0 Å². The van der Waals surface area contributed by atoms with Crippen molar-refractivity contribution in [3.63, 3.8) is 0 Å². The maximum atomic E-state index is 5.14. The molecule has 0 aliphatic rings. The van der Waals surface area contributed by atoms with E-state index in [0.29, 0.717) is 4.77 Å².